The minimum absolute atomic E-state index is 0.0332. The summed E-state index contributed by atoms with van der Waals surface area (Å²) in [7, 11) is 0. The lowest BCUT2D eigenvalue weighted by Crippen LogP contribution is -2.39. The van der Waals surface area contributed by atoms with Crippen molar-refractivity contribution in [2.45, 2.75) is 70.3 Å². The summed E-state index contributed by atoms with van der Waals surface area (Å²) in [6.45, 7) is 0.225. The van der Waals surface area contributed by atoms with E-state index >= 15 is 0 Å². The minimum atomic E-state index is -0.198. The van der Waals surface area contributed by atoms with Crippen LogP contribution in [0.25, 0.3) is 0 Å². The maximum Gasteiger partial charge on any atom is 0.233 e. The van der Waals surface area contributed by atoms with Crippen molar-refractivity contribution in [1.29, 1.82) is 0 Å². The highest BCUT2D eigenvalue weighted by atomic mass is 16.2. The van der Waals surface area contributed by atoms with Gasteiger partial charge in [-0.3, -0.25) is 19.3 Å². The van der Waals surface area contributed by atoms with E-state index in [1.54, 1.807) is 0 Å². The van der Waals surface area contributed by atoms with Crippen LogP contribution in [0.2, 0.25) is 0 Å². The largest absolute Gasteiger partial charge is 0.353 e. The molecule has 1 aliphatic heterocycles. The maximum absolute atomic E-state index is 12.4. The standard InChI is InChI=1S/C19H28N2O3/c22-17(20-14-8-4-2-1-3-5-9-14)12-13-21-18(23)15-10-6-7-11-16(15)19(21)24/h6-7,14-16H,1-5,8-13H2,(H,20,22)/t15-,16-/m1/s1. The van der Waals surface area contributed by atoms with E-state index in [4.69, 9.17) is 0 Å². The molecule has 1 saturated heterocycles. The highest BCUT2D eigenvalue weighted by Crippen LogP contribution is 2.35. The lowest BCUT2D eigenvalue weighted by Gasteiger charge is -2.21. The monoisotopic (exact) mass is 332 g/mol. The van der Waals surface area contributed by atoms with Crippen LogP contribution in [0, 0.1) is 11.8 Å². The Bertz CT molecular complexity index is 495. The van der Waals surface area contributed by atoms with Gasteiger partial charge in [-0.1, -0.05) is 44.3 Å². The molecule has 5 heteroatoms. The summed E-state index contributed by atoms with van der Waals surface area (Å²) in [5.41, 5.74) is 0. The van der Waals surface area contributed by atoms with Crippen LogP contribution in [0.3, 0.4) is 0 Å². The van der Waals surface area contributed by atoms with E-state index < -0.39 is 0 Å². The first-order valence-electron chi connectivity index (χ1n) is 9.46. The molecule has 24 heavy (non-hydrogen) atoms. The summed E-state index contributed by atoms with van der Waals surface area (Å²) in [6.07, 6.45) is 13.7. The fraction of sp³-hybridized carbons (Fsp3) is 0.737. The van der Waals surface area contributed by atoms with E-state index in [0.29, 0.717) is 12.8 Å². The smallest absolute Gasteiger partial charge is 0.233 e. The molecule has 0 aromatic rings. The Morgan fingerprint density at radius 3 is 2.08 bits per heavy atom. The minimum Gasteiger partial charge on any atom is -0.353 e. The molecule has 2 atom stereocenters. The quantitative estimate of drug-likeness (QED) is 0.635. The van der Waals surface area contributed by atoms with Crippen LogP contribution < -0.4 is 5.32 Å². The fourth-order valence-corrected chi connectivity index (χ4v) is 4.20. The van der Waals surface area contributed by atoms with Crippen molar-refractivity contribution in [3.05, 3.63) is 12.2 Å². The Kier molecular flexibility index (Phi) is 5.69. The molecule has 2 fully saturated rings. The van der Waals surface area contributed by atoms with E-state index in [1.807, 2.05) is 12.2 Å². The molecule has 0 aromatic carbocycles. The second kappa shape index (κ2) is 7.95. The lowest BCUT2D eigenvalue weighted by atomic mass is 9.85. The second-order valence-electron chi connectivity index (χ2n) is 7.34. The van der Waals surface area contributed by atoms with Crippen molar-refractivity contribution in [3.63, 3.8) is 0 Å². The summed E-state index contributed by atoms with van der Waals surface area (Å²) in [4.78, 5) is 38.3. The summed E-state index contributed by atoms with van der Waals surface area (Å²) >= 11 is 0. The molecule has 132 valence electrons. The van der Waals surface area contributed by atoms with Gasteiger partial charge in [-0.15, -0.1) is 0 Å². The third-order valence-corrected chi connectivity index (χ3v) is 5.63. The SMILES string of the molecule is O=C(CCN1C(=O)[C@@H]2CC=CC[C@H]2C1=O)NC1CCCCCCC1. The third-order valence-electron chi connectivity index (χ3n) is 5.63. The van der Waals surface area contributed by atoms with Gasteiger partial charge in [-0.05, 0) is 25.7 Å². The van der Waals surface area contributed by atoms with Gasteiger partial charge < -0.3 is 5.32 Å². The number of rotatable bonds is 4. The summed E-state index contributed by atoms with van der Waals surface area (Å²) in [5, 5.41) is 3.10. The first-order chi connectivity index (χ1) is 11.7. The number of allylic oxidation sites excluding steroid dienone is 2. The second-order valence-corrected chi connectivity index (χ2v) is 7.34. The summed E-state index contributed by atoms with van der Waals surface area (Å²) < 4.78 is 0. The zero-order chi connectivity index (χ0) is 16.9. The van der Waals surface area contributed by atoms with Gasteiger partial charge in [-0.25, -0.2) is 0 Å². The van der Waals surface area contributed by atoms with Gasteiger partial charge in [0.15, 0.2) is 0 Å². The molecule has 0 aromatic heterocycles. The molecule has 5 nitrogen and oxygen atoms in total. The van der Waals surface area contributed by atoms with Gasteiger partial charge in [0.2, 0.25) is 17.7 Å². The van der Waals surface area contributed by atoms with Gasteiger partial charge in [0.05, 0.1) is 11.8 Å². The maximum atomic E-state index is 12.4. The van der Waals surface area contributed by atoms with Crippen LogP contribution in [0.4, 0.5) is 0 Å². The van der Waals surface area contributed by atoms with E-state index in [-0.39, 0.29) is 48.6 Å². The van der Waals surface area contributed by atoms with Gasteiger partial charge in [0.25, 0.3) is 0 Å². The molecule has 0 radical (unpaired) electrons. The molecular weight excluding hydrogens is 304 g/mol. The van der Waals surface area contributed by atoms with Crippen molar-refractivity contribution in [2.24, 2.45) is 11.8 Å². The van der Waals surface area contributed by atoms with Crippen LogP contribution in [-0.2, 0) is 14.4 Å². The predicted octanol–water partition coefficient (Wildman–Crippen LogP) is 2.56. The highest BCUT2D eigenvalue weighted by Gasteiger charge is 2.46. The van der Waals surface area contributed by atoms with Crippen LogP contribution in [-0.4, -0.2) is 35.2 Å². The zero-order valence-electron chi connectivity index (χ0n) is 14.3. The number of nitrogens with one attached hydrogen (secondary N) is 1. The number of carbonyl (C=O) groups is 3. The number of hydrogen-bond donors (Lipinski definition) is 1. The Hall–Kier alpha value is -1.65. The lowest BCUT2D eigenvalue weighted by molar-refractivity contribution is -0.140. The molecule has 1 heterocycles. The van der Waals surface area contributed by atoms with E-state index in [1.165, 1.54) is 37.0 Å². The van der Waals surface area contributed by atoms with E-state index in [0.717, 1.165) is 12.8 Å². The first kappa shape index (κ1) is 17.2. The topological polar surface area (TPSA) is 66.5 Å². The van der Waals surface area contributed by atoms with Gasteiger partial charge in [-0.2, -0.15) is 0 Å². The van der Waals surface area contributed by atoms with E-state index in [2.05, 4.69) is 5.32 Å². The molecule has 3 aliphatic rings. The average Bonchev–Trinajstić information content (AvgIpc) is 2.80. The van der Waals surface area contributed by atoms with Gasteiger partial charge in [0.1, 0.15) is 0 Å². The Balaban J connectivity index is 1.47. The van der Waals surface area contributed by atoms with Crippen LogP contribution in [0.5, 0.6) is 0 Å². The molecule has 1 N–H and O–H groups in total. The normalized spacial score (nSPS) is 28.4. The number of fused-ring (bicyclic) bond motifs is 1. The third kappa shape index (κ3) is 3.87. The first-order valence-corrected chi connectivity index (χ1v) is 9.46. The molecule has 1 saturated carbocycles. The molecule has 0 spiro atoms. The summed E-state index contributed by atoms with van der Waals surface area (Å²) in [5.74, 6) is -0.609. The van der Waals surface area contributed by atoms with Crippen molar-refractivity contribution < 1.29 is 14.4 Å². The van der Waals surface area contributed by atoms with Crippen molar-refractivity contribution in [3.8, 4) is 0 Å². The fourth-order valence-electron chi connectivity index (χ4n) is 4.20. The Morgan fingerprint density at radius 2 is 1.50 bits per heavy atom. The molecule has 0 bridgehead atoms. The molecule has 3 amide bonds. The van der Waals surface area contributed by atoms with Crippen LogP contribution in [0.1, 0.15) is 64.2 Å². The molecular formula is C19H28N2O3. The molecule has 0 unspecified atom stereocenters. The Labute approximate surface area is 143 Å². The average molecular weight is 332 g/mol. The van der Waals surface area contributed by atoms with E-state index in [9.17, 15) is 14.4 Å². The number of carbonyl (C=O) groups excluding carboxylic acids is 3. The number of hydrogen-bond acceptors (Lipinski definition) is 3. The zero-order valence-corrected chi connectivity index (χ0v) is 14.3. The van der Waals surface area contributed by atoms with Crippen LogP contribution >= 0.6 is 0 Å². The Morgan fingerprint density at radius 1 is 0.958 bits per heavy atom. The number of likely N-dealkylation sites (tertiary alicyclic amines) is 1. The van der Waals surface area contributed by atoms with Crippen molar-refractivity contribution in [1.82, 2.24) is 10.2 Å². The predicted molar refractivity (Wildman–Crippen MR) is 90.9 cm³/mol. The molecule has 2 aliphatic carbocycles. The molecule has 3 rings (SSSR count). The number of nitrogens with zero attached hydrogens (tertiary/aromatic N) is 1. The summed E-state index contributed by atoms with van der Waals surface area (Å²) in [6, 6.07) is 0.259. The van der Waals surface area contributed by atoms with Gasteiger partial charge >= 0.3 is 0 Å². The van der Waals surface area contributed by atoms with Crippen molar-refractivity contribution in [2.75, 3.05) is 6.54 Å². The highest BCUT2D eigenvalue weighted by molar-refractivity contribution is 6.05. The number of imide groups is 1. The van der Waals surface area contributed by atoms with Crippen molar-refractivity contribution >= 4 is 17.7 Å². The number of amides is 3. The van der Waals surface area contributed by atoms with Gasteiger partial charge in [0, 0.05) is 19.0 Å². The van der Waals surface area contributed by atoms with Crippen LogP contribution in [0.15, 0.2) is 12.2 Å².